The summed E-state index contributed by atoms with van der Waals surface area (Å²) >= 11 is 0. The van der Waals surface area contributed by atoms with Crippen LogP contribution in [0.3, 0.4) is 0 Å². The minimum atomic E-state index is -0.578. The molecule has 3 unspecified atom stereocenters. The van der Waals surface area contributed by atoms with Gasteiger partial charge >= 0.3 is 0 Å². The van der Waals surface area contributed by atoms with E-state index in [1.165, 1.54) is 24.0 Å². The lowest BCUT2D eigenvalue weighted by Crippen LogP contribution is -2.52. The number of benzene rings is 2. The minimum Gasteiger partial charge on any atom is -0.330 e. The average molecular weight is 475 g/mol. The van der Waals surface area contributed by atoms with Gasteiger partial charge in [-0.2, -0.15) is 0 Å². The standard InChI is InChI=1S/C28H34N4O3/c29-16-21(14-19-6-2-1-3-7-19)24-8-4-5-13-31(24)17-20-9-10-23-22(15-20)18-32(28(23)35)25-11-12-26(33)30-27(25)34/h1-3,6-7,9-10,15,21,24-25H,4-5,8,11-14,16-18,29H2,(H,30,33,34). The monoisotopic (exact) mass is 474 g/mol. The smallest absolute Gasteiger partial charge is 0.255 e. The number of imide groups is 1. The molecule has 0 saturated carbocycles. The van der Waals surface area contributed by atoms with Crippen molar-refractivity contribution in [1.82, 2.24) is 15.1 Å². The van der Waals surface area contributed by atoms with Crippen LogP contribution >= 0.6 is 0 Å². The molecule has 2 saturated heterocycles. The molecule has 0 radical (unpaired) electrons. The number of carbonyl (C=O) groups excluding carboxylic acids is 3. The Morgan fingerprint density at radius 3 is 2.60 bits per heavy atom. The maximum Gasteiger partial charge on any atom is 0.255 e. The van der Waals surface area contributed by atoms with Gasteiger partial charge < -0.3 is 10.6 Å². The van der Waals surface area contributed by atoms with Crippen molar-refractivity contribution in [2.45, 2.75) is 63.7 Å². The Bertz CT molecular complexity index is 1100. The highest BCUT2D eigenvalue weighted by atomic mass is 16.2. The molecule has 0 bridgehead atoms. The normalized spacial score (nSPS) is 23.8. The van der Waals surface area contributed by atoms with Gasteiger partial charge in [-0.1, -0.05) is 48.9 Å². The van der Waals surface area contributed by atoms with Crippen LogP contribution < -0.4 is 11.1 Å². The lowest BCUT2D eigenvalue weighted by molar-refractivity contribution is -0.136. The van der Waals surface area contributed by atoms with Gasteiger partial charge in [0.2, 0.25) is 11.8 Å². The number of hydrogen-bond donors (Lipinski definition) is 2. The van der Waals surface area contributed by atoms with Crippen LogP contribution in [-0.4, -0.2) is 52.7 Å². The molecule has 3 aliphatic rings. The summed E-state index contributed by atoms with van der Waals surface area (Å²) in [4.78, 5) is 41.1. The van der Waals surface area contributed by atoms with Gasteiger partial charge in [-0.25, -0.2) is 0 Å². The van der Waals surface area contributed by atoms with E-state index < -0.39 is 6.04 Å². The molecule has 3 heterocycles. The number of nitrogens with two attached hydrogens (primary N) is 1. The van der Waals surface area contributed by atoms with Crippen molar-refractivity contribution in [1.29, 1.82) is 0 Å². The molecule has 0 aromatic heterocycles. The molecule has 0 aliphatic carbocycles. The highest BCUT2D eigenvalue weighted by molar-refractivity contribution is 6.05. The number of hydrogen-bond acceptors (Lipinski definition) is 5. The predicted octanol–water partition coefficient (Wildman–Crippen LogP) is 2.62. The molecule has 2 aromatic rings. The van der Waals surface area contributed by atoms with Gasteiger partial charge in [0.25, 0.3) is 5.91 Å². The average Bonchev–Trinajstić information content (AvgIpc) is 3.19. The van der Waals surface area contributed by atoms with Crippen LogP contribution in [0.25, 0.3) is 0 Å². The van der Waals surface area contributed by atoms with Gasteiger partial charge in [0.1, 0.15) is 6.04 Å². The number of fused-ring (bicyclic) bond motifs is 1. The van der Waals surface area contributed by atoms with E-state index in [0.717, 1.165) is 31.5 Å². The second-order valence-corrected chi connectivity index (χ2v) is 10.1. The van der Waals surface area contributed by atoms with Gasteiger partial charge in [0, 0.05) is 31.1 Å². The second kappa shape index (κ2) is 10.3. The third kappa shape index (κ3) is 5.02. The number of rotatable bonds is 7. The molecule has 7 heteroatoms. The van der Waals surface area contributed by atoms with Crippen molar-refractivity contribution in [2.24, 2.45) is 11.7 Å². The Morgan fingerprint density at radius 1 is 1.00 bits per heavy atom. The highest BCUT2D eigenvalue weighted by Gasteiger charge is 2.39. The van der Waals surface area contributed by atoms with Gasteiger partial charge in [-0.3, -0.25) is 24.6 Å². The highest BCUT2D eigenvalue weighted by Crippen LogP contribution is 2.31. The van der Waals surface area contributed by atoms with E-state index in [-0.39, 0.29) is 24.1 Å². The van der Waals surface area contributed by atoms with Crippen molar-refractivity contribution >= 4 is 17.7 Å². The lowest BCUT2D eigenvalue weighted by Gasteiger charge is -2.40. The van der Waals surface area contributed by atoms with Crippen LogP contribution in [0.2, 0.25) is 0 Å². The predicted molar refractivity (Wildman–Crippen MR) is 133 cm³/mol. The van der Waals surface area contributed by atoms with Crippen molar-refractivity contribution < 1.29 is 14.4 Å². The fraction of sp³-hybridized carbons (Fsp3) is 0.464. The fourth-order valence-corrected chi connectivity index (χ4v) is 6.00. The number of amides is 3. The van der Waals surface area contributed by atoms with Gasteiger partial charge in [0.05, 0.1) is 0 Å². The zero-order valence-corrected chi connectivity index (χ0v) is 20.1. The molecule has 3 N–H and O–H groups in total. The maximum absolute atomic E-state index is 13.0. The van der Waals surface area contributed by atoms with Crippen LogP contribution in [0.4, 0.5) is 0 Å². The van der Waals surface area contributed by atoms with E-state index in [0.29, 0.717) is 37.0 Å². The molecule has 7 nitrogen and oxygen atoms in total. The molecule has 3 aliphatic heterocycles. The number of nitrogens with zero attached hydrogens (tertiary/aromatic N) is 2. The number of likely N-dealkylation sites (tertiary alicyclic amines) is 1. The van der Waals surface area contributed by atoms with Gasteiger partial charge in [-0.15, -0.1) is 0 Å². The summed E-state index contributed by atoms with van der Waals surface area (Å²) in [7, 11) is 0. The SMILES string of the molecule is NCC(Cc1ccccc1)C1CCCCN1Cc1ccc2c(c1)CN(C1CCC(=O)NC1=O)C2=O. The van der Waals surface area contributed by atoms with Crippen LogP contribution in [-0.2, 0) is 29.1 Å². The topological polar surface area (TPSA) is 95.7 Å². The van der Waals surface area contributed by atoms with Crippen LogP contribution in [0.5, 0.6) is 0 Å². The van der Waals surface area contributed by atoms with E-state index in [1.807, 2.05) is 18.2 Å². The Balaban J connectivity index is 1.29. The first-order valence-electron chi connectivity index (χ1n) is 12.8. The summed E-state index contributed by atoms with van der Waals surface area (Å²) in [6.07, 6.45) is 5.20. The van der Waals surface area contributed by atoms with Crippen LogP contribution in [0.15, 0.2) is 48.5 Å². The summed E-state index contributed by atoms with van der Waals surface area (Å²) in [6.45, 7) is 2.96. The summed E-state index contributed by atoms with van der Waals surface area (Å²) < 4.78 is 0. The number of nitrogens with one attached hydrogen (secondary N) is 1. The molecule has 3 amide bonds. The molecular weight excluding hydrogens is 440 g/mol. The van der Waals surface area contributed by atoms with E-state index in [4.69, 9.17) is 5.73 Å². The third-order valence-corrected chi connectivity index (χ3v) is 7.83. The molecule has 5 rings (SSSR count). The zero-order valence-electron chi connectivity index (χ0n) is 20.1. The molecule has 3 atom stereocenters. The molecule has 35 heavy (non-hydrogen) atoms. The third-order valence-electron chi connectivity index (χ3n) is 7.83. The number of carbonyl (C=O) groups is 3. The molecule has 184 valence electrons. The summed E-state index contributed by atoms with van der Waals surface area (Å²) in [6, 6.07) is 16.5. The Morgan fingerprint density at radius 2 is 1.83 bits per heavy atom. The first kappa shape index (κ1) is 23.7. The van der Waals surface area contributed by atoms with E-state index >= 15 is 0 Å². The zero-order chi connectivity index (χ0) is 24.4. The van der Waals surface area contributed by atoms with Crippen molar-refractivity contribution in [3.05, 3.63) is 70.8 Å². The van der Waals surface area contributed by atoms with Crippen molar-refractivity contribution in [2.75, 3.05) is 13.1 Å². The van der Waals surface area contributed by atoms with E-state index in [9.17, 15) is 14.4 Å². The Labute approximate surface area is 206 Å². The van der Waals surface area contributed by atoms with E-state index in [1.54, 1.807) is 4.90 Å². The summed E-state index contributed by atoms with van der Waals surface area (Å²) in [5.41, 5.74) is 10.4. The summed E-state index contributed by atoms with van der Waals surface area (Å²) in [5.74, 6) is -0.360. The maximum atomic E-state index is 13.0. The quantitative estimate of drug-likeness (QED) is 0.602. The number of piperidine rings is 2. The first-order chi connectivity index (χ1) is 17.0. The van der Waals surface area contributed by atoms with Crippen LogP contribution in [0.1, 0.15) is 59.2 Å². The fourth-order valence-electron chi connectivity index (χ4n) is 6.00. The lowest BCUT2D eigenvalue weighted by atomic mass is 9.85. The molecule has 2 aromatic carbocycles. The Kier molecular flexibility index (Phi) is 6.97. The molecule has 0 spiro atoms. The van der Waals surface area contributed by atoms with Crippen molar-refractivity contribution in [3.63, 3.8) is 0 Å². The second-order valence-electron chi connectivity index (χ2n) is 10.1. The Hall–Kier alpha value is -3.03. The van der Waals surface area contributed by atoms with E-state index in [2.05, 4.69) is 40.5 Å². The van der Waals surface area contributed by atoms with Crippen molar-refractivity contribution in [3.8, 4) is 0 Å². The first-order valence-corrected chi connectivity index (χ1v) is 12.8. The van der Waals surface area contributed by atoms with Gasteiger partial charge in [-0.05, 0) is 67.4 Å². The molecular formula is C28H34N4O3. The minimum absolute atomic E-state index is 0.122. The largest absolute Gasteiger partial charge is 0.330 e. The van der Waals surface area contributed by atoms with Gasteiger partial charge in [0.15, 0.2) is 0 Å². The van der Waals surface area contributed by atoms with Crippen LogP contribution in [0, 0.1) is 5.92 Å². The summed E-state index contributed by atoms with van der Waals surface area (Å²) in [5, 5.41) is 2.37. The molecule has 2 fully saturated rings.